The Morgan fingerprint density at radius 2 is 2.00 bits per heavy atom. The maximum atomic E-state index is 12.7. The Hall–Kier alpha value is -2.73. The minimum absolute atomic E-state index is 0.103. The molecule has 0 saturated heterocycles. The first kappa shape index (κ1) is 14.2. The molecule has 1 amide bonds. The summed E-state index contributed by atoms with van der Waals surface area (Å²) in [6.07, 6.45) is 0. The average Bonchev–Trinajstić information content (AvgIpc) is 2.93. The van der Waals surface area contributed by atoms with E-state index in [1.807, 2.05) is 36.4 Å². The third kappa shape index (κ3) is 2.56. The summed E-state index contributed by atoms with van der Waals surface area (Å²) >= 11 is 0. The van der Waals surface area contributed by atoms with Gasteiger partial charge in [-0.3, -0.25) is 4.79 Å². The van der Waals surface area contributed by atoms with E-state index >= 15 is 0 Å². The van der Waals surface area contributed by atoms with E-state index in [1.165, 1.54) is 0 Å². The fourth-order valence-electron chi connectivity index (χ4n) is 2.39. The number of rotatable bonds is 4. The van der Waals surface area contributed by atoms with Crippen LogP contribution in [0.3, 0.4) is 0 Å². The lowest BCUT2D eigenvalue weighted by Gasteiger charge is -2.22. The number of amides is 1. The highest BCUT2D eigenvalue weighted by Crippen LogP contribution is 2.19. The molecular formula is C16H16N4O2. The summed E-state index contributed by atoms with van der Waals surface area (Å²) in [6.45, 7) is 0.134. The van der Waals surface area contributed by atoms with E-state index in [1.54, 1.807) is 28.8 Å². The van der Waals surface area contributed by atoms with Crippen LogP contribution >= 0.6 is 0 Å². The molecular weight excluding hydrogens is 280 g/mol. The van der Waals surface area contributed by atoms with Crippen molar-refractivity contribution < 1.29 is 9.90 Å². The van der Waals surface area contributed by atoms with E-state index in [0.717, 1.165) is 11.2 Å². The SMILES string of the molecule is Cn1nnc2cc(C(=O)N(CCO)c3ccccc3)ccc21. The number of carbonyl (C=O) groups is 1. The van der Waals surface area contributed by atoms with Gasteiger partial charge in [-0.2, -0.15) is 0 Å². The molecule has 3 rings (SSSR count). The molecule has 2 aromatic carbocycles. The second-order valence-electron chi connectivity index (χ2n) is 4.93. The Kier molecular flexibility index (Phi) is 3.84. The summed E-state index contributed by atoms with van der Waals surface area (Å²) in [5.41, 5.74) is 2.81. The van der Waals surface area contributed by atoms with Crippen molar-refractivity contribution in [1.82, 2.24) is 15.0 Å². The van der Waals surface area contributed by atoms with Crippen LogP contribution in [0.2, 0.25) is 0 Å². The van der Waals surface area contributed by atoms with Gasteiger partial charge in [0.05, 0.1) is 12.1 Å². The average molecular weight is 296 g/mol. The molecule has 0 bridgehead atoms. The van der Waals surface area contributed by atoms with Crippen molar-refractivity contribution in [3.05, 3.63) is 54.1 Å². The number of para-hydroxylation sites is 1. The largest absolute Gasteiger partial charge is 0.395 e. The number of aliphatic hydroxyl groups is 1. The van der Waals surface area contributed by atoms with Crippen LogP contribution in [0.4, 0.5) is 5.69 Å². The molecule has 0 aliphatic carbocycles. The van der Waals surface area contributed by atoms with E-state index < -0.39 is 0 Å². The van der Waals surface area contributed by atoms with Gasteiger partial charge in [-0.1, -0.05) is 23.4 Å². The highest BCUT2D eigenvalue weighted by Gasteiger charge is 2.18. The molecule has 1 heterocycles. The van der Waals surface area contributed by atoms with E-state index in [9.17, 15) is 9.90 Å². The van der Waals surface area contributed by atoms with Crippen molar-refractivity contribution in [2.24, 2.45) is 7.05 Å². The molecule has 22 heavy (non-hydrogen) atoms. The molecule has 0 unspecified atom stereocenters. The zero-order valence-corrected chi connectivity index (χ0v) is 12.2. The van der Waals surface area contributed by atoms with Crippen LogP contribution in [0, 0.1) is 0 Å². The van der Waals surface area contributed by atoms with E-state index in [4.69, 9.17) is 0 Å². The van der Waals surface area contributed by atoms with Crippen LogP contribution in [-0.4, -0.2) is 39.2 Å². The summed E-state index contributed by atoms with van der Waals surface area (Å²) in [7, 11) is 1.80. The van der Waals surface area contributed by atoms with Crippen molar-refractivity contribution in [2.75, 3.05) is 18.1 Å². The fraction of sp³-hybridized carbons (Fsp3) is 0.188. The molecule has 1 aromatic heterocycles. The number of aliphatic hydroxyl groups excluding tert-OH is 1. The highest BCUT2D eigenvalue weighted by atomic mass is 16.3. The lowest BCUT2D eigenvalue weighted by atomic mass is 10.1. The minimum Gasteiger partial charge on any atom is -0.395 e. The molecule has 0 atom stereocenters. The Morgan fingerprint density at radius 3 is 2.73 bits per heavy atom. The van der Waals surface area contributed by atoms with E-state index in [0.29, 0.717) is 11.1 Å². The van der Waals surface area contributed by atoms with Crippen LogP contribution in [0.25, 0.3) is 11.0 Å². The standard InChI is InChI=1S/C16H16N4O2/c1-19-15-8-7-12(11-14(15)17-18-19)16(22)20(9-10-21)13-5-3-2-4-6-13/h2-8,11,21H,9-10H2,1H3. The maximum absolute atomic E-state index is 12.7. The lowest BCUT2D eigenvalue weighted by molar-refractivity contribution is 0.0981. The van der Waals surface area contributed by atoms with Gasteiger partial charge in [0, 0.05) is 24.8 Å². The second kappa shape index (κ2) is 5.95. The molecule has 0 aliphatic rings. The van der Waals surface area contributed by atoms with Gasteiger partial charge in [0.25, 0.3) is 5.91 Å². The third-order valence-corrected chi connectivity index (χ3v) is 3.49. The van der Waals surface area contributed by atoms with Crippen LogP contribution in [0.1, 0.15) is 10.4 Å². The third-order valence-electron chi connectivity index (χ3n) is 3.49. The zero-order valence-electron chi connectivity index (χ0n) is 12.2. The van der Waals surface area contributed by atoms with Crippen molar-refractivity contribution in [3.8, 4) is 0 Å². The normalized spacial score (nSPS) is 10.8. The Bertz CT molecular complexity index is 798. The number of benzene rings is 2. The van der Waals surface area contributed by atoms with Crippen LogP contribution in [-0.2, 0) is 7.05 Å². The number of nitrogens with zero attached hydrogens (tertiary/aromatic N) is 4. The number of anilines is 1. The molecule has 6 heteroatoms. The first-order valence-electron chi connectivity index (χ1n) is 6.98. The lowest BCUT2D eigenvalue weighted by Crippen LogP contribution is -2.33. The fourth-order valence-corrected chi connectivity index (χ4v) is 2.39. The molecule has 1 N–H and O–H groups in total. The minimum atomic E-state index is -0.173. The molecule has 3 aromatic rings. The van der Waals surface area contributed by atoms with Crippen molar-refractivity contribution in [3.63, 3.8) is 0 Å². The summed E-state index contributed by atoms with van der Waals surface area (Å²) in [4.78, 5) is 14.3. The number of aryl methyl sites for hydroxylation is 1. The number of fused-ring (bicyclic) bond motifs is 1. The smallest absolute Gasteiger partial charge is 0.258 e. The molecule has 0 spiro atoms. The van der Waals surface area contributed by atoms with Crippen LogP contribution < -0.4 is 4.90 Å². The summed E-state index contributed by atoms with van der Waals surface area (Å²) in [5, 5.41) is 17.2. The topological polar surface area (TPSA) is 71.2 Å². The van der Waals surface area contributed by atoms with Crippen molar-refractivity contribution >= 4 is 22.6 Å². The first-order chi connectivity index (χ1) is 10.7. The number of hydrogen-bond acceptors (Lipinski definition) is 4. The Labute approximate surface area is 127 Å². The first-order valence-corrected chi connectivity index (χ1v) is 6.98. The molecule has 112 valence electrons. The quantitative estimate of drug-likeness (QED) is 0.794. The van der Waals surface area contributed by atoms with Gasteiger partial charge >= 0.3 is 0 Å². The molecule has 0 aliphatic heterocycles. The van der Waals surface area contributed by atoms with Gasteiger partial charge in [-0.15, -0.1) is 5.10 Å². The summed E-state index contributed by atoms with van der Waals surface area (Å²) in [5.74, 6) is -0.173. The van der Waals surface area contributed by atoms with Crippen LogP contribution in [0.15, 0.2) is 48.5 Å². The Morgan fingerprint density at radius 1 is 1.23 bits per heavy atom. The molecule has 0 radical (unpaired) electrons. The van der Waals surface area contributed by atoms with Gasteiger partial charge in [-0.25, -0.2) is 4.68 Å². The Balaban J connectivity index is 1.98. The molecule has 0 fully saturated rings. The second-order valence-corrected chi connectivity index (χ2v) is 4.93. The maximum Gasteiger partial charge on any atom is 0.258 e. The molecule has 6 nitrogen and oxygen atoms in total. The summed E-state index contributed by atoms with van der Waals surface area (Å²) in [6, 6.07) is 14.6. The van der Waals surface area contributed by atoms with Gasteiger partial charge < -0.3 is 10.0 Å². The van der Waals surface area contributed by atoms with Gasteiger partial charge in [0.1, 0.15) is 5.52 Å². The summed E-state index contributed by atoms with van der Waals surface area (Å²) < 4.78 is 1.66. The van der Waals surface area contributed by atoms with Crippen molar-refractivity contribution in [1.29, 1.82) is 0 Å². The number of carbonyl (C=O) groups excluding carboxylic acids is 1. The van der Waals surface area contributed by atoms with Crippen LogP contribution in [0.5, 0.6) is 0 Å². The van der Waals surface area contributed by atoms with E-state index in [2.05, 4.69) is 10.3 Å². The van der Waals surface area contributed by atoms with E-state index in [-0.39, 0.29) is 19.1 Å². The van der Waals surface area contributed by atoms with Gasteiger partial charge in [0.15, 0.2) is 0 Å². The highest BCUT2D eigenvalue weighted by molar-refractivity contribution is 6.07. The van der Waals surface area contributed by atoms with Gasteiger partial charge in [0.2, 0.25) is 0 Å². The number of aromatic nitrogens is 3. The predicted octanol–water partition coefficient (Wildman–Crippen LogP) is 1.61. The zero-order chi connectivity index (χ0) is 15.5. The van der Waals surface area contributed by atoms with Gasteiger partial charge in [-0.05, 0) is 30.3 Å². The number of hydrogen-bond donors (Lipinski definition) is 1. The molecule has 0 saturated carbocycles. The predicted molar refractivity (Wildman–Crippen MR) is 83.7 cm³/mol. The van der Waals surface area contributed by atoms with Crippen molar-refractivity contribution in [2.45, 2.75) is 0 Å². The monoisotopic (exact) mass is 296 g/mol.